The largest absolute Gasteiger partial charge is 0.319 e. The first-order valence-electron chi connectivity index (χ1n) is 22.3. The molecule has 0 bridgehead atoms. The Labute approximate surface area is 312 Å². The van der Waals surface area contributed by atoms with Crippen LogP contribution in [-0.2, 0) is 0 Å². The summed E-state index contributed by atoms with van der Waals surface area (Å²) in [6.07, 6.45) is 47.5. The average Bonchev–Trinajstić information content (AvgIpc) is 3.12. The van der Waals surface area contributed by atoms with Crippen molar-refractivity contribution >= 4 is 0 Å². The van der Waals surface area contributed by atoms with Crippen molar-refractivity contribution in [3.63, 3.8) is 0 Å². The summed E-state index contributed by atoms with van der Waals surface area (Å²) in [5.74, 6) is 0.904. The number of allylic oxidation sites excluding steroid dienone is 1. The van der Waals surface area contributed by atoms with Crippen LogP contribution in [0.3, 0.4) is 0 Å². The van der Waals surface area contributed by atoms with E-state index in [1.54, 1.807) is 0 Å². The Bertz CT molecular complexity index is 644. The highest BCUT2D eigenvalue weighted by Crippen LogP contribution is 2.45. The lowest BCUT2D eigenvalue weighted by Gasteiger charge is -2.37. The van der Waals surface area contributed by atoms with E-state index in [2.05, 4.69) is 73.0 Å². The predicted octanol–water partition coefficient (Wildman–Crippen LogP) is 16.9. The molecule has 0 saturated heterocycles. The van der Waals surface area contributed by atoms with Gasteiger partial charge in [-0.3, -0.25) is 0 Å². The molecular formula is C48H95N. The van der Waals surface area contributed by atoms with E-state index < -0.39 is 0 Å². The summed E-state index contributed by atoms with van der Waals surface area (Å²) in [6, 6.07) is 0. The van der Waals surface area contributed by atoms with Crippen LogP contribution in [0.5, 0.6) is 0 Å². The molecule has 1 nitrogen and oxygen atoms in total. The minimum absolute atomic E-state index is 0.702. The highest BCUT2D eigenvalue weighted by molar-refractivity contribution is 4.94. The topological polar surface area (TPSA) is 12.0 Å². The van der Waals surface area contributed by atoms with Gasteiger partial charge in [-0.1, -0.05) is 162 Å². The maximum atomic E-state index is 4.43. The second kappa shape index (κ2) is 37.0. The number of nitrogens with one attached hydrogen (secondary N) is 1. The number of rotatable bonds is 27. The average molecular weight is 686 g/mol. The lowest BCUT2D eigenvalue weighted by Crippen LogP contribution is -2.23. The summed E-state index contributed by atoms with van der Waals surface area (Å²) in [5.41, 5.74) is 3.01. The molecular weight excluding hydrogens is 591 g/mol. The molecule has 0 aromatic carbocycles. The summed E-state index contributed by atoms with van der Waals surface area (Å²) in [5, 5.41) is 3.44. The molecule has 2 aliphatic carbocycles. The van der Waals surface area contributed by atoms with Gasteiger partial charge in [-0.15, -0.1) is 26.3 Å². The fourth-order valence-electron chi connectivity index (χ4n) is 9.47. The first-order valence-corrected chi connectivity index (χ1v) is 22.3. The zero-order chi connectivity index (χ0) is 36.9. The monoisotopic (exact) mass is 686 g/mol. The SMILES string of the molecule is C=C.C=C.C=C(CCCCCCCC(CCCCCCCC)CNC)CCCC1(CCC)CCCCC1.CCCC1(CCC)CCCCC1. The summed E-state index contributed by atoms with van der Waals surface area (Å²) >= 11 is 0. The molecule has 0 aromatic rings. The third kappa shape index (κ3) is 27.5. The van der Waals surface area contributed by atoms with Crippen molar-refractivity contribution in [3.8, 4) is 0 Å². The van der Waals surface area contributed by atoms with E-state index in [-0.39, 0.29) is 0 Å². The molecule has 2 rings (SSSR count). The van der Waals surface area contributed by atoms with Crippen LogP contribution in [0.4, 0.5) is 0 Å². The lowest BCUT2D eigenvalue weighted by molar-refractivity contribution is 0.152. The third-order valence-corrected chi connectivity index (χ3v) is 12.0. The minimum atomic E-state index is 0.702. The zero-order valence-corrected chi connectivity index (χ0v) is 35.2. The van der Waals surface area contributed by atoms with E-state index in [9.17, 15) is 0 Å². The quantitative estimate of drug-likeness (QED) is 0.0670. The van der Waals surface area contributed by atoms with Crippen LogP contribution >= 0.6 is 0 Å². The molecule has 0 spiro atoms. The highest BCUT2D eigenvalue weighted by Gasteiger charge is 2.31. The van der Waals surface area contributed by atoms with Gasteiger partial charge in [0, 0.05) is 0 Å². The Morgan fingerprint density at radius 3 is 1.31 bits per heavy atom. The van der Waals surface area contributed by atoms with Crippen LogP contribution in [0.25, 0.3) is 0 Å². The second-order valence-corrected chi connectivity index (χ2v) is 16.3. The highest BCUT2D eigenvalue weighted by atomic mass is 14.8. The van der Waals surface area contributed by atoms with Crippen molar-refractivity contribution in [2.45, 2.75) is 240 Å². The number of hydrogen-bond donors (Lipinski definition) is 1. The van der Waals surface area contributed by atoms with Crippen LogP contribution in [-0.4, -0.2) is 13.6 Å². The molecule has 49 heavy (non-hydrogen) atoms. The van der Waals surface area contributed by atoms with Crippen molar-refractivity contribution in [2.75, 3.05) is 13.6 Å². The van der Waals surface area contributed by atoms with E-state index in [0.29, 0.717) is 5.41 Å². The van der Waals surface area contributed by atoms with Crippen molar-refractivity contribution in [2.24, 2.45) is 16.7 Å². The van der Waals surface area contributed by atoms with Gasteiger partial charge in [0.2, 0.25) is 0 Å². The zero-order valence-electron chi connectivity index (χ0n) is 35.2. The molecule has 292 valence electrons. The van der Waals surface area contributed by atoms with E-state index in [4.69, 9.17) is 0 Å². The first-order chi connectivity index (χ1) is 24.0. The van der Waals surface area contributed by atoms with E-state index in [0.717, 1.165) is 11.3 Å². The lowest BCUT2D eigenvalue weighted by atomic mass is 9.68. The smallest absolute Gasteiger partial charge is 0.00235 e. The fraction of sp³-hybridized carbons (Fsp3) is 0.875. The van der Waals surface area contributed by atoms with Gasteiger partial charge in [-0.2, -0.15) is 0 Å². The molecule has 0 amide bonds. The second-order valence-electron chi connectivity index (χ2n) is 16.3. The van der Waals surface area contributed by atoms with Gasteiger partial charge in [0.1, 0.15) is 0 Å². The maximum absolute atomic E-state index is 4.43. The molecule has 2 saturated carbocycles. The Morgan fingerprint density at radius 2 is 0.878 bits per heavy atom. The van der Waals surface area contributed by atoms with Gasteiger partial charge in [0.25, 0.3) is 0 Å². The van der Waals surface area contributed by atoms with Crippen molar-refractivity contribution < 1.29 is 0 Å². The Morgan fingerprint density at radius 1 is 0.490 bits per heavy atom. The van der Waals surface area contributed by atoms with Crippen LogP contribution in [0, 0.1) is 16.7 Å². The minimum Gasteiger partial charge on any atom is -0.319 e. The van der Waals surface area contributed by atoms with E-state index in [1.807, 2.05) is 0 Å². The first kappa shape index (κ1) is 50.3. The molecule has 0 aliphatic heterocycles. The van der Waals surface area contributed by atoms with Crippen LogP contribution in [0.15, 0.2) is 38.5 Å². The standard InChI is InChI=1S/C32H63N.C12H24.2C2H4/c1-5-7-8-9-12-16-23-31(29-33-4)24-17-13-10-11-15-21-30(3)22-20-28-32(25-6-2)26-18-14-19-27-32;1-3-8-12(9-4-2)10-6-5-7-11-12;2*1-2/h31,33H,3,5-29H2,1-2,4H3;3-11H2,1-2H3;2*1-2H2. The molecule has 0 aromatic heterocycles. The molecule has 0 heterocycles. The normalized spacial score (nSPS) is 16.9. The van der Waals surface area contributed by atoms with Crippen molar-refractivity contribution in [1.82, 2.24) is 5.32 Å². The Kier molecular flexibility index (Phi) is 37.9. The molecule has 1 atom stereocenters. The maximum Gasteiger partial charge on any atom is -0.00235 e. The summed E-state index contributed by atoms with van der Waals surface area (Å²) in [6.45, 7) is 27.0. The predicted molar refractivity (Wildman–Crippen MR) is 229 cm³/mol. The van der Waals surface area contributed by atoms with Gasteiger partial charge in [-0.05, 0) is 120 Å². The third-order valence-electron chi connectivity index (χ3n) is 12.0. The van der Waals surface area contributed by atoms with Gasteiger partial charge in [0.15, 0.2) is 0 Å². The van der Waals surface area contributed by atoms with Crippen molar-refractivity contribution in [1.29, 1.82) is 0 Å². The Balaban J connectivity index is 0. The summed E-state index contributed by atoms with van der Waals surface area (Å²) < 4.78 is 0. The molecule has 2 fully saturated rings. The summed E-state index contributed by atoms with van der Waals surface area (Å²) in [4.78, 5) is 0. The Hall–Kier alpha value is -0.820. The van der Waals surface area contributed by atoms with Gasteiger partial charge < -0.3 is 5.32 Å². The fourth-order valence-corrected chi connectivity index (χ4v) is 9.47. The number of hydrogen-bond acceptors (Lipinski definition) is 1. The van der Waals surface area contributed by atoms with Gasteiger partial charge >= 0.3 is 0 Å². The van der Waals surface area contributed by atoms with Crippen molar-refractivity contribution in [3.05, 3.63) is 38.5 Å². The molecule has 1 heteroatoms. The van der Waals surface area contributed by atoms with E-state index in [1.165, 1.54) is 224 Å². The molecule has 1 unspecified atom stereocenters. The summed E-state index contributed by atoms with van der Waals surface area (Å²) in [7, 11) is 2.12. The molecule has 1 N–H and O–H groups in total. The van der Waals surface area contributed by atoms with Crippen LogP contribution in [0.2, 0.25) is 0 Å². The van der Waals surface area contributed by atoms with Gasteiger partial charge in [0.05, 0.1) is 0 Å². The molecule has 0 radical (unpaired) electrons. The van der Waals surface area contributed by atoms with Crippen LogP contribution in [0.1, 0.15) is 240 Å². The molecule has 2 aliphatic rings. The van der Waals surface area contributed by atoms with Gasteiger partial charge in [-0.25, -0.2) is 0 Å². The van der Waals surface area contributed by atoms with Crippen LogP contribution < -0.4 is 5.32 Å². The van der Waals surface area contributed by atoms with E-state index >= 15 is 0 Å². The number of unbranched alkanes of at least 4 members (excludes halogenated alkanes) is 9.